The topological polar surface area (TPSA) is 110 Å². The molecule has 0 aromatic carbocycles. The van der Waals surface area contributed by atoms with E-state index in [-0.39, 0.29) is 6.04 Å². The Labute approximate surface area is 208 Å². The van der Waals surface area contributed by atoms with E-state index in [1.54, 1.807) is 17.2 Å². The number of pyridine rings is 2. The van der Waals surface area contributed by atoms with Crippen LogP contribution in [0.4, 0.5) is 17.2 Å². The Hall–Kier alpha value is -2.65. The Morgan fingerprint density at radius 3 is 2.76 bits per heavy atom. The number of nitrogens with two attached hydrogens (primary N) is 1. The number of hydrogen-bond acceptors (Lipinski definition) is 6. The quantitative estimate of drug-likeness (QED) is 0.342. The van der Waals surface area contributed by atoms with Crippen molar-refractivity contribution in [1.82, 2.24) is 9.97 Å². The number of amides is 1. The minimum atomic E-state index is -1.30. The normalized spacial score (nSPS) is 15.2. The molecule has 0 spiro atoms. The first kappa shape index (κ1) is 26.0. The van der Waals surface area contributed by atoms with E-state index in [0.717, 1.165) is 60.2 Å². The summed E-state index contributed by atoms with van der Waals surface area (Å²) in [5.74, 6) is 1.61. The van der Waals surface area contributed by atoms with Crippen molar-refractivity contribution in [2.24, 2.45) is 0 Å². The Morgan fingerprint density at radius 2 is 2.12 bits per heavy atom. The molecule has 0 bridgehead atoms. The van der Waals surface area contributed by atoms with Crippen LogP contribution in [0.5, 0.6) is 5.88 Å². The molecule has 2 aromatic rings. The SMILES string of the molecule is COc1ncc(/C(C)=C/c2c(N(C=O)C3CCCC3)cc(N)nc2C)cc1NS(=O)CCCCl. The van der Waals surface area contributed by atoms with Gasteiger partial charge in [0.15, 0.2) is 0 Å². The fourth-order valence-electron chi connectivity index (χ4n) is 4.17. The molecule has 1 aliphatic carbocycles. The maximum atomic E-state index is 12.4. The van der Waals surface area contributed by atoms with Gasteiger partial charge in [0.05, 0.1) is 12.8 Å². The van der Waals surface area contributed by atoms with E-state index in [1.165, 1.54) is 7.11 Å². The van der Waals surface area contributed by atoms with Gasteiger partial charge >= 0.3 is 0 Å². The second kappa shape index (κ2) is 12.2. The van der Waals surface area contributed by atoms with E-state index in [0.29, 0.717) is 35.4 Å². The van der Waals surface area contributed by atoms with Gasteiger partial charge in [0.2, 0.25) is 12.3 Å². The number of nitrogens with zero attached hydrogens (tertiary/aromatic N) is 3. The summed E-state index contributed by atoms with van der Waals surface area (Å²) in [6.45, 7) is 3.84. The molecule has 0 saturated heterocycles. The maximum Gasteiger partial charge on any atom is 0.238 e. The summed E-state index contributed by atoms with van der Waals surface area (Å²) >= 11 is 5.72. The number of carbonyl (C=O) groups is 1. The Balaban J connectivity index is 1.99. The van der Waals surface area contributed by atoms with E-state index in [4.69, 9.17) is 22.1 Å². The molecule has 184 valence electrons. The lowest BCUT2D eigenvalue weighted by Gasteiger charge is -2.27. The molecular weight excluding hydrogens is 474 g/mol. The zero-order valence-corrected chi connectivity index (χ0v) is 21.4. The largest absolute Gasteiger partial charge is 0.480 e. The number of anilines is 3. The predicted molar refractivity (Wildman–Crippen MR) is 140 cm³/mol. The average molecular weight is 506 g/mol. The maximum absolute atomic E-state index is 12.4. The van der Waals surface area contributed by atoms with Crippen LogP contribution < -0.4 is 20.1 Å². The molecule has 2 heterocycles. The molecular formula is C24H32ClN5O3S. The number of carbonyl (C=O) groups excluding carboxylic acids is 1. The number of nitrogen functional groups attached to an aromatic ring is 1. The van der Waals surface area contributed by atoms with Crippen molar-refractivity contribution < 1.29 is 13.7 Å². The average Bonchev–Trinajstić information content (AvgIpc) is 3.34. The van der Waals surface area contributed by atoms with Crippen LogP contribution in [0.1, 0.15) is 55.8 Å². The summed E-state index contributed by atoms with van der Waals surface area (Å²) in [6, 6.07) is 3.77. The van der Waals surface area contributed by atoms with Gasteiger partial charge in [-0.3, -0.25) is 4.79 Å². The number of hydrogen-bond donors (Lipinski definition) is 2. The monoisotopic (exact) mass is 505 g/mol. The van der Waals surface area contributed by atoms with Crippen LogP contribution in [0.3, 0.4) is 0 Å². The highest BCUT2D eigenvalue weighted by molar-refractivity contribution is 7.86. The summed E-state index contributed by atoms with van der Waals surface area (Å²) < 4.78 is 20.7. The Bertz CT molecular complexity index is 1070. The third kappa shape index (κ3) is 6.27. The smallest absolute Gasteiger partial charge is 0.238 e. The highest BCUT2D eigenvalue weighted by atomic mass is 35.5. The molecule has 1 saturated carbocycles. The third-order valence-corrected chi connectivity index (χ3v) is 7.28. The van der Waals surface area contributed by atoms with Gasteiger partial charge < -0.3 is 20.1 Å². The molecule has 0 aliphatic heterocycles. The number of ether oxygens (including phenoxy) is 1. The predicted octanol–water partition coefficient (Wildman–Crippen LogP) is 4.55. The molecule has 0 radical (unpaired) electrons. The van der Waals surface area contributed by atoms with Gasteiger partial charge in [0, 0.05) is 41.2 Å². The Kier molecular flexibility index (Phi) is 9.29. The van der Waals surface area contributed by atoms with Crippen LogP contribution in [0, 0.1) is 6.92 Å². The standard InChI is InChI=1S/C24H32ClN5O3S/c1-16(18-12-21(24(33-3)27-14-18)29-34(32)10-6-9-25)11-20-17(2)28-23(26)13-22(20)30(15-31)19-7-4-5-8-19/h11-15,19,29H,4-10H2,1-3H3,(H2,26,28)/b16-11+. The highest BCUT2D eigenvalue weighted by Crippen LogP contribution is 2.34. The zero-order chi connectivity index (χ0) is 24.7. The van der Waals surface area contributed by atoms with Crippen LogP contribution in [-0.4, -0.2) is 45.4 Å². The molecule has 1 fully saturated rings. The lowest BCUT2D eigenvalue weighted by atomic mass is 10.0. The lowest BCUT2D eigenvalue weighted by Crippen LogP contribution is -2.32. The summed E-state index contributed by atoms with van der Waals surface area (Å²) in [5.41, 5.74) is 10.6. The fraction of sp³-hybridized carbons (Fsp3) is 0.458. The number of aryl methyl sites for hydroxylation is 1. The molecule has 1 amide bonds. The summed E-state index contributed by atoms with van der Waals surface area (Å²) in [4.78, 5) is 22.7. The number of halogens is 1. The fourth-order valence-corrected chi connectivity index (χ4v) is 5.36. The molecule has 8 nitrogen and oxygen atoms in total. The van der Waals surface area contributed by atoms with Crippen molar-refractivity contribution in [3.8, 4) is 5.88 Å². The Morgan fingerprint density at radius 1 is 1.38 bits per heavy atom. The number of alkyl halides is 1. The van der Waals surface area contributed by atoms with Crippen LogP contribution in [-0.2, 0) is 15.8 Å². The molecule has 1 aliphatic rings. The summed E-state index contributed by atoms with van der Waals surface area (Å²) in [5, 5.41) is 0. The van der Waals surface area contributed by atoms with Crippen LogP contribution in [0.15, 0.2) is 18.3 Å². The molecule has 2 aromatic heterocycles. The minimum absolute atomic E-state index is 0.160. The van der Waals surface area contributed by atoms with Crippen LogP contribution >= 0.6 is 11.6 Å². The zero-order valence-electron chi connectivity index (χ0n) is 19.8. The molecule has 10 heteroatoms. The second-order valence-corrected chi connectivity index (χ2v) is 10.0. The van der Waals surface area contributed by atoms with Gasteiger partial charge in [-0.15, -0.1) is 11.6 Å². The van der Waals surface area contributed by atoms with Gasteiger partial charge in [-0.05, 0) is 56.4 Å². The van der Waals surface area contributed by atoms with Crippen molar-refractivity contribution >= 4 is 57.8 Å². The number of nitrogens with one attached hydrogen (secondary N) is 1. The van der Waals surface area contributed by atoms with Gasteiger partial charge in [-0.25, -0.2) is 14.2 Å². The van der Waals surface area contributed by atoms with Crippen molar-refractivity contribution in [1.29, 1.82) is 0 Å². The summed E-state index contributed by atoms with van der Waals surface area (Å²) in [6.07, 6.45) is 9.38. The van der Waals surface area contributed by atoms with E-state index in [9.17, 15) is 9.00 Å². The minimum Gasteiger partial charge on any atom is -0.480 e. The van der Waals surface area contributed by atoms with E-state index in [2.05, 4.69) is 14.7 Å². The van der Waals surface area contributed by atoms with Crippen molar-refractivity contribution in [3.63, 3.8) is 0 Å². The third-order valence-electron chi connectivity index (χ3n) is 5.90. The molecule has 1 unspecified atom stereocenters. The first-order valence-electron chi connectivity index (χ1n) is 11.3. The van der Waals surface area contributed by atoms with E-state index >= 15 is 0 Å². The second-order valence-electron chi connectivity index (χ2n) is 8.32. The van der Waals surface area contributed by atoms with Gasteiger partial charge in [0.1, 0.15) is 22.5 Å². The van der Waals surface area contributed by atoms with Gasteiger partial charge in [0.25, 0.3) is 0 Å². The van der Waals surface area contributed by atoms with Crippen LogP contribution in [0.2, 0.25) is 0 Å². The number of rotatable bonds is 11. The van der Waals surface area contributed by atoms with Crippen molar-refractivity contribution in [2.45, 2.75) is 52.0 Å². The van der Waals surface area contributed by atoms with Crippen molar-refractivity contribution in [3.05, 3.63) is 35.2 Å². The first-order chi connectivity index (χ1) is 16.4. The first-order valence-corrected chi connectivity index (χ1v) is 13.2. The van der Waals surface area contributed by atoms with E-state index < -0.39 is 11.0 Å². The molecule has 3 rings (SSSR count). The number of allylic oxidation sites excluding steroid dienone is 1. The molecule has 34 heavy (non-hydrogen) atoms. The van der Waals surface area contributed by atoms with Gasteiger partial charge in [-0.2, -0.15) is 0 Å². The molecule has 3 N–H and O–H groups in total. The van der Waals surface area contributed by atoms with E-state index in [1.807, 2.05) is 26.0 Å². The number of aromatic nitrogens is 2. The van der Waals surface area contributed by atoms with Crippen LogP contribution in [0.25, 0.3) is 11.6 Å². The number of methoxy groups -OCH3 is 1. The van der Waals surface area contributed by atoms with Gasteiger partial charge in [-0.1, -0.05) is 12.8 Å². The molecule has 1 atom stereocenters. The lowest BCUT2D eigenvalue weighted by molar-refractivity contribution is -0.107. The van der Waals surface area contributed by atoms with Crippen molar-refractivity contribution in [2.75, 3.05) is 34.1 Å². The summed E-state index contributed by atoms with van der Waals surface area (Å²) in [7, 11) is 0.214. The highest BCUT2D eigenvalue weighted by Gasteiger charge is 2.25.